The van der Waals surface area contributed by atoms with Crippen LogP contribution in [0.3, 0.4) is 0 Å². The summed E-state index contributed by atoms with van der Waals surface area (Å²) in [5.74, 6) is 0.262. The molecule has 0 bridgehead atoms. The molecule has 30 heavy (non-hydrogen) atoms. The topological polar surface area (TPSA) is 116 Å². The zero-order valence-electron chi connectivity index (χ0n) is 16.5. The number of aryl methyl sites for hydroxylation is 1. The van der Waals surface area contributed by atoms with Crippen molar-refractivity contribution in [3.63, 3.8) is 0 Å². The summed E-state index contributed by atoms with van der Waals surface area (Å²) >= 11 is 0. The number of aromatic nitrogens is 2. The highest BCUT2D eigenvalue weighted by molar-refractivity contribution is 5.91. The standard InChI is InChI=1S/C21H20N4O5/c1-3-30-17-7-4-15(5-8-17)19-10-11-21(27)24(23-19)13-20(26)22-18-9-6-16(25(28)29)12-14(18)2/h4-12H,3,13H2,1-2H3,(H,22,26). The number of nitro benzene ring substituents is 1. The van der Waals surface area contributed by atoms with Crippen LogP contribution in [0, 0.1) is 17.0 Å². The highest BCUT2D eigenvalue weighted by Crippen LogP contribution is 2.22. The molecule has 0 aliphatic heterocycles. The fraction of sp³-hybridized carbons (Fsp3) is 0.190. The van der Waals surface area contributed by atoms with Crippen molar-refractivity contribution < 1.29 is 14.5 Å². The van der Waals surface area contributed by atoms with Gasteiger partial charge in [-0.25, -0.2) is 4.68 Å². The second-order valence-electron chi connectivity index (χ2n) is 6.48. The molecule has 0 atom stereocenters. The summed E-state index contributed by atoms with van der Waals surface area (Å²) in [7, 11) is 0. The van der Waals surface area contributed by atoms with Crippen molar-refractivity contribution in [1.82, 2.24) is 9.78 Å². The molecule has 0 saturated heterocycles. The van der Waals surface area contributed by atoms with E-state index in [1.54, 1.807) is 25.1 Å². The Morgan fingerprint density at radius 1 is 1.17 bits per heavy atom. The van der Waals surface area contributed by atoms with E-state index >= 15 is 0 Å². The van der Waals surface area contributed by atoms with Gasteiger partial charge in [0.05, 0.1) is 17.2 Å². The lowest BCUT2D eigenvalue weighted by Crippen LogP contribution is -2.29. The number of nitrogens with zero attached hydrogens (tertiary/aromatic N) is 3. The average molecular weight is 408 g/mol. The Labute approximate surface area is 172 Å². The fourth-order valence-electron chi connectivity index (χ4n) is 2.83. The van der Waals surface area contributed by atoms with Crippen LogP contribution >= 0.6 is 0 Å². The van der Waals surface area contributed by atoms with Gasteiger partial charge in [0.25, 0.3) is 11.2 Å². The van der Waals surface area contributed by atoms with E-state index in [0.29, 0.717) is 23.6 Å². The van der Waals surface area contributed by atoms with Crippen molar-refractivity contribution in [2.24, 2.45) is 0 Å². The highest BCUT2D eigenvalue weighted by Gasteiger charge is 2.12. The Morgan fingerprint density at radius 2 is 1.90 bits per heavy atom. The highest BCUT2D eigenvalue weighted by atomic mass is 16.6. The molecule has 154 valence electrons. The Morgan fingerprint density at radius 3 is 2.53 bits per heavy atom. The Hall–Kier alpha value is -4.01. The third kappa shape index (κ3) is 4.88. The van der Waals surface area contributed by atoms with Gasteiger partial charge in [-0.2, -0.15) is 5.10 Å². The van der Waals surface area contributed by atoms with Crippen LogP contribution in [-0.4, -0.2) is 27.2 Å². The molecule has 9 nitrogen and oxygen atoms in total. The maximum atomic E-state index is 12.4. The number of hydrogen-bond acceptors (Lipinski definition) is 6. The number of hydrogen-bond donors (Lipinski definition) is 1. The number of rotatable bonds is 7. The first-order valence-electron chi connectivity index (χ1n) is 9.23. The van der Waals surface area contributed by atoms with Crippen LogP contribution in [0.25, 0.3) is 11.3 Å². The minimum absolute atomic E-state index is 0.0635. The molecule has 2 aromatic carbocycles. The van der Waals surface area contributed by atoms with E-state index < -0.39 is 16.4 Å². The van der Waals surface area contributed by atoms with E-state index in [0.717, 1.165) is 16.0 Å². The summed E-state index contributed by atoms with van der Waals surface area (Å²) in [5.41, 5.74) is 1.81. The normalized spacial score (nSPS) is 10.5. The van der Waals surface area contributed by atoms with Crippen LogP contribution in [0.2, 0.25) is 0 Å². The van der Waals surface area contributed by atoms with Gasteiger partial charge in [0, 0.05) is 29.4 Å². The number of carbonyl (C=O) groups excluding carboxylic acids is 1. The number of benzene rings is 2. The average Bonchev–Trinajstić information content (AvgIpc) is 2.72. The second-order valence-corrected chi connectivity index (χ2v) is 6.48. The van der Waals surface area contributed by atoms with Gasteiger partial charge in [-0.05, 0) is 55.8 Å². The molecule has 0 spiro atoms. The molecule has 9 heteroatoms. The molecule has 3 rings (SSSR count). The molecular formula is C21H20N4O5. The third-order valence-corrected chi connectivity index (χ3v) is 4.32. The van der Waals surface area contributed by atoms with Gasteiger partial charge < -0.3 is 10.1 Å². The molecule has 0 radical (unpaired) electrons. The van der Waals surface area contributed by atoms with Crippen molar-refractivity contribution in [1.29, 1.82) is 0 Å². The van der Waals surface area contributed by atoms with Crippen molar-refractivity contribution in [2.45, 2.75) is 20.4 Å². The number of amides is 1. The molecule has 1 aromatic heterocycles. The first-order valence-corrected chi connectivity index (χ1v) is 9.23. The van der Waals surface area contributed by atoms with Gasteiger partial charge >= 0.3 is 0 Å². The molecule has 0 fully saturated rings. The number of non-ortho nitro benzene ring substituents is 1. The van der Waals surface area contributed by atoms with Crippen LogP contribution < -0.4 is 15.6 Å². The quantitative estimate of drug-likeness (QED) is 0.474. The number of nitrogens with one attached hydrogen (secondary N) is 1. The third-order valence-electron chi connectivity index (χ3n) is 4.32. The molecule has 3 aromatic rings. The van der Waals surface area contributed by atoms with Gasteiger partial charge in [-0.15, -0.1) is 0 Å². The fourth-order valence-corrected chi connectivity index (χ4v) is 2.83. The van der Waals surface area contributed by atoms with Crippen molar-refractivity contribution in [2.75, 3.05) is 11.9 Å². The smallest absolute Gasteiger partial charge is 0.269 e. The zero-order chi connectivity index (χ0) is 21.7. The monoisotopic (exact) mass is 408 g/mol. The van der Waals surface area contributed by atoms with Crippen LogP contribution in [0.4, 0.5) is 11.4 Å². The maximum absolute atomic E-state index is 12.4. The molecule has 1 amide bonds. The van der Waals surface area contributed by atoms with Gasteiger partial charge in [0.15, 0.2) is 0 Å². The molecule has 0 aliphatic rings. The number of carbonyl (C=O) groups is 1. The Bertz CT molecular complexity index is 1140. The van der Waals surface area contributed by atoms with Crippen molar-refractivity contribution in [3.8, 4) is 17.0 Å². The Balaban J connectivity index is 1.76. The van der Waals surface area contributed by atoms with Crippen molar-refractivity contribution in [3.05, 3.63) is 80.6 Å². The molecule has 1 heterocycles. The summed E-state index contributed by atoms with van der Waals surface area (Å²) in [6, 6.07) is 14.3. The van der Waals surface area contributed by atoms with Crippen LogP contribution in [0.5, 0.6) is 5.75 Å². The van der Waals surface area contributed by atoms with Crippen LogP contribution in [0.15, 0.2) is 59.4 Å². The second kappa shape index (κ2) is 8.99. The molecule has 0 unspecified atom stereocenters. The lowest BCUT2D eigenvalue weighted by Gasteiger charge is -2.10. The summed E-state index contributed by atoms with van der Waals surface area (Å²) in [6.07, 6.45) is 0. The van der Waals surface area contributed by atoms with Gasteiger partial charge in [-0.3, -0.25) is 19.7 Å². The van der Waals surface area contributed by atoms with Crippen LogP contribution in [-0.2, 0) is 11.3 Å². The number of nitro groups is 1. The molecular weight excluding hydrogens is 388 g/mol. The first-order chi connectivity index (χ1) is 14.4. The van der Waals surface area contributed by atoms with Crippen molar-refractivity contribution >= 4 is 17.3 Å². The van der Waals surface area contributed by atoms with E-state index in [1.165, 1.54) is 24.3 Å². The predicted octanol–water partition coefficient (Wildman–Crippen LogP) is 3.16. The van der Waals surface area contributed by atoms with E-state index in [9.17, 15) is 19.7 Å². The van der Waals surface area contributed by atoms with E-state index in [2.05, 4.69) is 10.4 Å². The predicted molar refractivity (Wildman–Crippen MR) is 112 cm³/mol. The van der Waals surface area contributed by atoms with Crippen LogP contribution in [0.1, 0.15) is 12.5 Å². The largest absolute Gasteiger partial charge is 0.494 e. The molecule has 0 saturated carbocycles. The number of anilines is 1. The first kappa shape index (κ1) is 20.7. The summed E-state index contributed by atoms with van der Waals surface area (Å²) in [5, 5.41) is 17.8. The molecule has 0 aliphatic carbocycles. The number of ether oxygens (including phenoxy) is 1. The maximum Gasteiger partial charge on any atom is 0.269 e. The van der Waals surface area contributed by atoms with E-state index in [1.807, 2.05) is 19.1 Å². The summed E-state index contributed by atoms with van der Waals surface area (Å²) in [6.45, 7) is 3.82. The van der Waals surface area contributed by atoms with E-state index in [4.69, 9.17) is 4.74 Å². The summed E-state index contributed by atoms with van der Waals surface area (Å²) in [4.78, 5) is 34.9. The summed E-state index contributed by atoms with van der Waals surface area (Å²) < 4.78 is 6.48. The lowest BCUT2D eigenvalue weighted by molar-refractivity contribution is -0.384. The van der Waals surface area contributed by atoms with E-state index in [-0.39, 0.29) is 12.2 Å². The minimum Gasteiger partial charge on any atom is -0.494 e. The Kier molecular flexibility index (Phi) is 6.21. The molecule has 1 N–H and O–H groups in total. The zero-order valence-corrected chi connectivity index (χ0v) is 16.5. The van der Waals surface area contributed by atoms with Gasteiger partial charge in [0.2, 0.25) is 5.91 Å². The SMILES string of the molecule is CCOc1ccc(-c2ccc(=O)n(CC(=O)Nc3ccc([N+](=O)[O-])cc3C)n2)cc1. The van der Waals surface area contributed by atoms with Gasteiger partial charge in [0.1, 0.15) is 12.3 Å². The minimum atomic E-state index is -0.505. The lowest BCUT2D eigenvalue weighted by atomic mass is 10.1. The van der Waals surface area contributed by atoms with Gasteiger partial charge in [-0.1, -0.05) is 0 Å².